The second-order valence-electron chi connectivity index (χ2n) is 6.17. The van der Waals surface area contributed by atoms with Crippen molar-refractivity contribution in [3.05, 3.63) is 68.9 Å². The van der Waals surface area contributed by atoms with Crippen molar-refractivity contribution < 1.29 is 9.59 Å². The molecule has 0 saturated heterocycles. The number of nitrogens with zero attached hydrogens (tertiary/aromatic N) is 2. The van der Waals surface area contributed by atoms with E-state index in [1.54, 1.807) is 16.2 Å². The van der Waals surface area contributed by atoms with Crippen LogP contribution in [0.25, 0.3) is 0 Å². The molecule has 0 unspecified atom stereocenters. The van der Waals surface area contributed by atoms with Gasteiger partial charge in [0.2, 0.25) is 5.91 Å². The molecule has 1 aliphatic heterocycles. The van der Waals surface area contributed by atoms with Crippen molar-refractivity contribution in [1.29, 1.82) is 0 Å². The molecule has 0 saturated carbocycles. The normalized spacial score (nSPS) is 14.3. The molecule has 1 atom stereocenters. The van der Waals surface area contributed by atoms with Crippen LogP contribution in [0.1, 0.15) is 39.0 Å². The van der Waals surface area contributed by atoms with E-state index in [1.807, 2.05) is 54.1 Å². The molecule has 1 aliphatic rings. The standard InChI is InChI=1S/C19H17N3O2S2/c1-12-11-26-19(20-12)21-17(23)9-15(16-7-4-8-25-16)22-10-13-5-2-3-6-14(13)18(22)24/h2-8,11,15H,9-10H2,1H3,(H,20,21,23)/t15-/m1/s1. The lowest BCUT2D eigenvalue weighted by molar-refractivity contribution is -0.117. The minimum absolute atomic E-state index is 0.0168. The Balaban J connectivity index is 1.56. The lowest BCUT2D eigenvalue weighted by Gasteiger charge is -2.26. The van der Waals surface area contributed by atoms with Gasteiger partial charge in [0.15, 0.2) is 5.13 Å². The summed E-state index contributed by atoms with van der Waals surface area (Å²) in [5.41, 5.74) is 2.62. The highest BCUT2D eigenvalue weighted by molar-refractivity contribution is 7.14. The Bertz CT molecular complexity index is 949. The van der Waals surface area contributed by atoms with Gasteiger partial charge in [0.05, 0.1) is 18.2 Å². The number of aromatic nitrogens is 1. The molecular formula is C19H17N3O2S2. The predicted molar refractivity (Wildman–Crippen MR) is 103 cm³/mol. The summed E-state index contributed by atoms with van der Waals surface area (Å²) in [6.07, 6.45) is 0.207. The van der Waals surface area contributed by atoms with Crippen LogP contribution in [0, 0.1) is 6.92 Å². The number of hydrogen-bond acceptors (Lipinski definition) is 5. The number of benzene rings is 1. The number of fused-ring (bicyclic) bond motifs is 1. The molecule has 3 aromatic rings. The Hall–Kier alpha value is -2.51. The minimum Gasteiger partial charge on any atom is -0.326 e. The first-order valence-corrected chi connectivity index (χ1v) is 10.0. The fourth-order valence-electron chi connectivity index (χ4n) is 3.13. The van der Waals surface area contributed by atoms with Gasteiger partial charge >= 0.3 is 0 Å². The van der Waals surface area contributed by atoms with Crippen molar-refractivity contribution in [1.82, 2.24) is 9.88 Å². The molecular weight excluding hydrogens is 366 g/mol. The number of rotatable bonds is 5. The third-order valence-electron chi connectivity index (χ3n) is 4.34. The number of carbonyl (C=O) groups is 2. The van der Waals surface area contributed by atoms with Crippen LogP contribution in [0.4, 0.5) is 5.13 Å². The summed E-state index contributed by atoms with van der Waals surface area (Å²) in [6.45, 7) is 2.42. The summed E-state index contributed by atoms with van der Waals surface area (Å²) < 4.78 is 0. The van der Waals surface area contributed by atoms with Crippen molar-refractivity contribution in [3.8, 4) is 0 Å². The number of nitrogens with one attached hydrogen (secondary N) is 1. The fourth-order valence-corrected chi connectivity index (χ4v) is 4.67. The van der Waals surface area contributed by atoms with Crippen LogP contribution in [-0.2, 0) is 11.3 Å². The van der Waals surface area contributed by atoms with E-state index in [-0.39, 0.29) is 24.3 Å². The molecule has 0 spiro atoms. The first-order chi connectivity index (χ1) is 12.6. The molecule has 7 heteroatoms. The average Bonchev–Trinajstić information content (AvgIpc) is 3.35. The topological polar surface area (TPSA) is 62.3 Å². The maximum Gasteiger partial charge on any atom is 0.255 e. The minimum atomic E-state index is -0.282. The number of hydrogen-bond donors (Lipinski definition) is 1. The number of carbonyl (C=O) groups excluding carboxylic acids is 2. The number of amides is 2. The zero-order chi connectivity index (χ0) is 18.1. The fraction of sp³-hybridized carbons (Fsp3) is 0.211. The molecule has 4 rings (SSSR count). The SMILES string of the molecule is Cc1csc(NC(=O)C[C@H](c2cccs2)N2Cc3ccccc3C2=O)n1. The lowest BCUT2D eigenvalue weighted by Crippen LogP contribution is -2.31. The molecule has 2 amide bonds. The quantitative estimate of drug-likeness (QED) is 0.717. The summed E-state index contributed by atoms with van der Waals surface area (Å²) in [7, 11) is 0. The maximum atomic E-state index is 12.9. The average molecular weight is 383 g/mol. The molecule has 5 nitrogen and oxygen atoms in total. The molecule has 1 aromatic carbocycles. The van der Waals surface area contributed by atoms with Gasteiger partial charge in [-0.2, -0.15) is 0 Å². The van der Waals surface area contributed by atoms with Crippen molar-refractivity contribution in [2.24, 2.45) is 0 Å². The van der Waals surface area contributed by atoms with Gasteiger partial charge in [-0.3, -0.25) is 9.59 Å². The van der Waals surface area contributed by atoms with Gasteiger partial charge in [-0.1, -0.05) is 24.3 Å². The van der Waals surface area contributed by atoms with Crippen molar-refractivity contribution in [2.75, 3.05) is 5.32 Å². The molecule has 0 bridgehead atoms. The smallest absolute Gasteiger partial charge is 0.255 e. The van der Waals surface area contributed by atoms with Gasteiger partial charge in [-0.25, -0.2) is 4.98 Å². The van der Waals surface area contributed by atoms with Gasteiger partial charge in [0.1, 0.15) is 0 Å². The molecule has 2 aromatic heterocycles. The molecule has 0 radical (unpaired) electrons. The Morgan fingerprint density at radius 1 is 1.27 bits per heavy atom. The molecule has 26 heavy (non-hydrogen) atoms. The van der Waals surface area contributed by atoms with Gasteiger partial charge < -0.3 is 10.2 Å². The zero-order valence-electron chi connectivity index (χ0n) is 14.1. The highest BCUT2D eigenvalue weighted by atomic mass is 32.1. The summed E-state index contributed by atoms with van der Waals surface area (Å²) in [4.78, 5) is 32.5. The third-order valence-corrected chi connectivity index (χ3v) is 6.19. The molecule has 1 N–H and O–H groups in total. The first kappa shape index (κ1) is 16.9. The lowest BCUT2D eigenvalue weighted by atomic mass is 10.1. The first-order valence-electron chi connectivity index (χ1n) is 8.26. The Kier molecular flexibility index (Phi) is 4.57. The van der Waals surface area contributed by atoms with E-state index >= 15 is 0 Å². The van der Waals surface area contributed by atoms with Crippen molar-refractivity contribution in [3.63, 3.8) is 0 Å². The van der Waals surface area contributed by atoms with Gasteiger partial charge in [-0.15, -0.1) is 22.7 Å². The molecule has 0 aliphatic carbocycles. The van der Waals surface area contributed by atoms with E-state index in [2.05, 4.69) is 10.3 Å². The van der Waals surface area contributed by atoms with E-state index < -0.39 is 0 Å². The molecule has 132 valence electrons. The van der Waals surface area contributed by atoms with Crippen molar-refractivity contribution >= 4 is 39.6 Å². The van der Waals surface area contributed by atoms with Crippen LogP contribution >= 0.6 is 22.7 Å². The van der Waals surface area contributed by atoms with E-state index in [9.17, 15) is 9.59 Å². The second-order valence-corrected chi connectivity index (χ2v) is 8.01. The van der Waals surface area contributed by atoms with Crippen LogP contribution in [0.3, 0.4) is 0 Å². The second kappa shape index (κ2) is 7.01. The summed E-state index contributed by atoms with van der Waals surface area (Å²) >= 11 is 2.97. The van der Waals surface area contributed by atoms with E-state index in [0.29, 0.717) is 11.7 Å². The number of aryl methyl sites for hydroxylation is 1. The largest absolute Gasteiger partial charge is 0.326 e. The number of anilines is 1. The Morgan fingerprint density at radius 2 is 2.12 bits per heavy atom. The predicted octanol–water partition coefficient (Wildman–Crippen LogP) is 4.24. The van der Waals surface area contributed by atoms with Crippen molar-refractivity contribution in [2.45, 2.75) is 25.9 Å². The van der Waals surface area contributed by atoms with E-state index in [4.69, 9.17) is 0 Å². The van der Waals surface area contributed by atoms with Gasteiger partial charge in [0.25, 0.3) is 5.91 Å². The highest BCUT2D eigenvalue weighted by Crippen LogP contribution is 2.35. The number of thiophene rings is 1. The van der Waals surface area contributed by atoms with E-state index in [1.165, 1.54) is 11.3 Å². The molecule has 3 heterocycles. The van der Waals surface area contributed by atoms with Crippen LogP contribution in [0.2, 0.25) is 0 Å². The summed E-state index contributed by atoms with van der Waals surface area (Å²) in [6, 6.07) is 11.3. The third kappa shape index (κ3) is 3.27. The van der Waals surface area contributed by atoms with Crippen LogP contribution in [0.15, 0.2) is 47.2 Å². The van der Waals surface area contributed by atoms with E-state index in [0.717, 1.165) is 21.7 Å². The number of thiazole rings is 1. The Labute approximate surface area is 159 Å². The van der Waals surface area contributed by atoms with Gasteiger partial charge in [-0.05, 0) is 30.0 Å². The van der Waals surface area contributed by atoms with Crippen LogP contribution in [-0.4, -0.2) is 21.7 Å². The molecule has 0 fully saturated rings. The van der Waals surface area contributed by atoms with Crippen LogP contribution < -0.4 is 5.32 Å². The Morgan fingerprint density at radius 3 is 2.81 bits per heavy atom. The highest BCUT2D eigenvalue weighted by Gasteiger charge is 2.34. The van der Waals surface area contributed by atoms with Gasteiger partial charge in [0, 0.05) is 22.4 Å². The zero-order valence-corrected chi connectivity index (χ0v) is 15.8. The summed E-state index contributed by atoms with van der Waals surface area (Å²) in [5, 5.41) is 7.31. The maximum absolute atomic E-state index is 12.9. The van der Waals surface area contributed by atoms with Crippen LogP contribution in [0.5, 0.6) is 0 Å². The summed E-state index contributed by atoms with van der Waals surface area (Å²) in [5.74, 6) is -0.154. The monoisotopic (exact) mass is 383 g/mol.